The number of aryl methyl sites for hydroxylation is 1. The van der Waals surface area contributed by atoms with Gasteiger partial charge in [0, 0.05) is 6.54 Å². The highest BCUT2D eigenvalue weighted by atomic mass is 32.2. The molecule has 1 aromatic heterocycles. The molecule has 1 atom stereocenters. The molecule has 2 aromatic rings. The molecule has 0 fully saturated rings. The van der Waals surface area contributed by atoms with Crippen molar-refractivity contribution >= 4 is 23.4 Å². The van der Waals surface area contributed by atoms with Gasteiger partial charge in [-0.25, -0.2) is 0 Å². The van der Waals surface area contributed by atoms with E-state index in [9.17, 15) is 4.79 Å². The van der Waals surface area contributed by atoms with Crippen LogP contribution in [0.25, 0.3) is 0 Å². The van der Waals surface area contributed by atoms with E-state index in [-0.39, 0.29) is 11.2 Å². The molecule has 0 saturated heterocycles. The van der Waals surface area contributed by atoms with Crippen molar-refractivity contribution in [2.24, 2.45) is 0 Å². The predicted molar refractivity (Wildman–Crippen MR) is 80.8 cm³/mol. The van der Waals surface area contributed by atoms with Crippen LogP contribution in [0.3, 0.4) is 0 Å². The first-order valence-corrected chi connectivity index (χ1v) is 7.38. The summed E-state index contributed by atoms with van der Waals surface area (Å²) in [6.07, 6.45) is 1.64. The Morgan fingerprint density at radius 1 is 1.52 bits per heavy atom. The smallest absolute Gasteiger partial charge is 0.237 e. The average Bonchev–Trinajstić information content (AvgIpc) is 2.94. The van der Waals surface area contributed by atoms with Gasteiger partial charge in [0.1, 0.15) is 12.4 Å². The van der Waals surface area contributed by atoms with Crippen molar-refractivity contribution in [2.75, 3.05) is 5.32 Å². The molecular formula is C14H15N5OS. The molecule has 0 aliphatic rings. The van der Waals surface area contributed by atoms with Crippen molar-refractivity contribution in [1.29, 1.82) is 5.26 Å². The molecule has 1 heterocycles. The lowest BCUT2D eigenvalue weighted by Gasteiger charge is -2.12. The summed E-state index contributed by atoms with van der Waals surface area (Å²) in [5.74, 6) is -0.173. The fourth-order valence-electron chi connectivity index (χ4n) is 1.69. The number of rotatable bonds is 5. The molecule has 0 aliphatic heterocycles. The molecule has 21 heavy (non-hydrogen) atoms. The molecule has 7 heteroatoms. The monoisotopic (exact) mass is 301 g/mol. The number of thioether (sulfide) groups is 1. The first-order valence-electron chi connectivity index (χ1n) is 6.50. The number of nitrogens with one attached hydrogen (secondary N) is 1. The van der Waals surface area contributed by atoms with E-state index in [1.54, 1.807) is 37.5 Å². The van der Waals surface area contributed by atoms with Gasteiger partial charge in [0.2, 0.25) is 5.91 Å². The average molecular weight is 301 g/mol. The van der Waals surface area contributed by atoms with Gasteiger partial charge in [0.15, 0.2) is 5.16 Å². The van der Waals surface area contributed by atoms with E-state index in [1.165, 1.54) is 11.8 Å². The summed E-state index contributed by atoms with van der Waals surface area (Å²) >= 11 is 1.34. The third-order valence-corrected chi connectivity index (χ3v) is 3.97. The van der Waals surface area contributed by atoms with E-state index in [0.29, 0.717) is 16.4 Å². The molecule has 0 radical (unpaired) electrons. The van der Waals surface area contributed by atoms with Crippen LogP contribution in [0.1, 0.15) is 19.4 Å². The third kappa shape index (κ3) is 3.61. The van der Waals surface area contributed by atoms with Crippen LogP contribution in [0.15, 0.2) is 35.7 Å². The Morgan fingerprint density at radius 2 is 2.29 bits per heavy atom. The van der Waals surface area contributed by atoms with Crippen LogP contribution in [0.2, 0.25) is 0 Å². The van der Waals surface area contributed by atoms with Crippen molar-refractivity contribution < 1.29 is 4.79 Å². The fourth-order valence-corrected chi connectivity index (χ4v) is 2.58. The van der Waals surface area contributed by atoms with E-state index in [2.05, 4.69) is 21.6 Å². The first-order chi connectivity index (χ1) is 10.2. The number of benzene rings is 1. The first kappa shape index (κ1) is 15.1. The quantitative estimate of drug-likeness (QED) is 0.857. The lowest BCUT2D eigenvalue weighted by Crippen LogP contribution is -2.23. The maximum absolute atomic E-state index is 12.2. The van der Waals surface area contributed by atoms with E-state index >= 15 is 0 Å². The Bertz CT molecular complexity index is 676. The van der Waals surface area contributed by atoms with E-state index in [1.807, 2.05) is 11.5 Å². The topological polar surface area (TPSA) is 83.6 Å². The van der Waals surface area contributed by atoms with E-state index in [0.717, 1.165) is 6.54 Å². The second-order valence-corrected chi connectivity index (χ2v) is 5.61. The number of hydrogen-bond acceptors (Lipinski definition) is 5. The van der Waals surface area contributed by atoms with Gasteiger partial charge < -0.3 is 9.88 Å². The van der Waals surface area contributed by atoms with Crippen molar-refractivity contribution in [2.45, 2.75) is 30.8 Å². The minimum absolute atomic E-state index is 0.173. The summed E-state index contributed by atoms with van der Waals surface area (Å²) in [7, 11) is 0. The molecule has 0 bridgehead atoms. The molecule has 0 unspecified atom stereocenters. The molecule has 2 rings (SSSR count). The number of amides is 1. The van der Waals surface area contributed by atoms with Crippen LogP contribution in [0, 0.1) is 11.3 Å². The molecule has 1 amide bonds. The van der Waals surface area contributed by atoms with Crippen LogP contribution >= 0.6 is 11.8 Å². The molecular weight excluding hydrogens is 286 g/mol. The minimum atomic E-state index is -0.341. The number of anilines is 1. The largest absolute Gasteiger partial charge is 0.324 e. The van der Waals surface area contributed by atoms with Gasteiger partial charge in [-0.2, -0.15) is 5.26 Å². The lowest BCUT2D eigenvalue weighted by molar-refractivity contribution is -0.115. The number of hydrogen-bond donors (Lipinski definition) is 1. The Morgan fingerprint density at radius 3 is 3.00 bits per heavy atom. The van der Waals surface area contributed by atoms with Crippen LogP contribution in [0.4, 0.5) is 5.69 Å². The second-order valence-electron chi connectivity index (χ2n) is 4.31. The Kier molecular flexibility index (Phi) is 4.95. The van der Waals surface area contributed by atoms with Crippen LogP contribution < -0.4 is 5.32 Å². The SMILES string of the molecule is CCn1cnnc1S[C@H](C)C(=O)Nc1ccccc1C#N. The van der Waals surface area contributed by atoms with Gasteiger partial charge in [0.25, 0.3) is 0 Å². The third-order valence-electron chi connectivity index (χ3n) is 2.88. The van der Waals surface area contributed by atoms with Gasteiger partial charge in [-0.3, -0.25) is 4.79 Å². The normalized spacial score (nSPS) is 11.7. The standard InChI is InChI=1S/C14H15N5OS/c1-3-19-9-16-18-14(19)21-10(2)13(20)17-12-7-5-4-6-11(12)8-15/h4-7,9-10H,3H2,1-2H3,(H,17,20)/t10-/m1/s1. The van der Waals surface area contributed by atoms with Crippen LogP contribution in [-0.4, -0.2) is 25.9 Å². The molecule has 1 aromatic carbocycles. The van der Waals surface area contributed by atoms with E-state index < -0.39 is 0 Å². The summed E-state index contributed by atoms with van der Waals surface area (Å²) in [5.41, 5.74) is 0.967. The molecule has 1 N–H and O–H groups in total. The summed E-state index contributed by atoms with van der Waals surface area (Å²) in [6.45, 7) is 4.53. The van der Waals surface area contributed by atoms with Crippen LogP contribution in [-0.2, 0) is 11.3 Å². The zero-order valence-electron chi connectivity index (χ0n) is 11.8. The van der Waals surface area contributed by atoms with Gasteiger partial charge in [-0.05, 0) is 26.0 Å². The zero-order valence-corrected chi connectivity index (χ0v) is 12.6. The van der Waals surface area contributed by atoms with Gasteiger partial charge in [0.05, 0.1) is 16.5 Å². The Balaban J connectivity index is 2.05. The highest BCUT2D eigenvalue weighted by Crippen LogP contribution is 2.22. The second kappa shape index (κ2) is 6.90. The maximum Gasteiger partial charge on any atom is 0.237 e. The predicted octanol–water partition coefficient (Wildman–Crippen LogP) is 2.29. The molecule has 0 saturated carbocycles. The van der Waals surface area contributed by atoms with E-state index in [4.69, 9.17) is 5.26 Å². The van der Waals surface area contributed by atoms with Gasteiger partial charge in [-0.1, -0.05) is 23.9 Å². The molecule has 6 nitrogen and oxygen atoms in total. The summed E-state index contributed by atoms with van der Waals surface area (Å²) in [6, 6.07) is 8.97. The number of carbonyl (C=O) groups is 1. The number of para-hydroxylation sites is 1. The molecule has 0 spiro atoms. The molecule has 0 aliphatic carbocycles. The number of nitriles is 1. The summed E-state index contributed by atoms with van der Waals surface area (Å²) in [4.78, 5) is 12.2. The number of aromatic nitrogens is 3. The highest BCUT2D eigenvalue weighted by Gasteiger charge is 2.18. The number of nitrogens with zero attached hydrogens (tertiary/aromatic N) is 4. The zero-order chi connectivity index (χ0) is 15.2. The van der Waals surface area contributed by atoms with Gasteiger partial charge >= 0.3 is 0 Å². The Hall–Kier alpha value is -2.33. The summed E-state index contributed by atoms with van der Waals surface area (Å²) < 4.78 is 1.87. The molecule has 108 valence electrons. The highest BCUT2D eigenvalue weighted by molar-refractivity contribution is 8.00. The fraction of sp³-hybridized carbons (Fsp3) is 0.286. The van der Waals surface area contributed by atoms with Crippen molar-refractivity contribution in [1.82, 2.24) is 14.8 Å². The van der Waals surface area contributed by atoms with Crippen molar-refractivity contribution in [3.05, 3.63) is 36.2 Å². The minimum Gasteiger partial charge on any atom is -0.324 e. The van der Waals surface area contributed by atoms with Crippen molar-refractivity contribution in [3.8, 4) is 6.07 Å². The lowest BCUT2D eigenvalue weighted by atomic mass is 10.2. The maximum atomic E-state index is 12.2. The van der Waals surface area contributed by atoms with Gasteiger partial charge in [-0.15, -0.1) is 10.2 Å². The number of carbonyl (C=O) groups excluding carboxylic acids is 1. The Labute approximate surface area is 127 Å². The van der Waals surface area contributed by atoms with Crippen LogP contribution in [0.5, 0.6) is 0 Å². The van der Waals surface area contributed by atoms with Crippen molar-refractivity contribution in [3.63, 3.8) is 0 Å². The summed E-state index contributed by atoms with van der Waals surface area (Å²) in [5, 5.41) is 20.0.